The van der Waals surface area contributed by atoms with Crippen LogP contribution in [0.2, 0.25) is 0 Å². The van der Waals surface area contributed by atoms with Crippen LogP contribution in [0.25, 0.3) is 0 Å². The molecule has 2 atom stereocenters. The van der Waals surface area contributed by atoms with Crippen molar-refractivity contribution in [3.8, 4) is 0 Å². The predicted octanol–water partition coefficient (Wildman–Crippen LogP) is 5.04. The van der Waals surface area contributed by atoms with Crippen molar-refractivity contribution in [3.05, 3.63) is 65.5 Å². The summed E-state index contributed by atoms with van der Waals surface area (Å²) in [5.41, 5.74) is 3.31. The third-order valence-electron chi connectivity index (χ3n) is 4.42. The van der Waals surface area contributed by atoms with Gasteiger partial charge in [0.2, 0.25) is 0 Å². The van der Waals surface area contributed by atoms with Crippen LogP contribution in [-0.4, -0.2) is 11.0 Å². The quantitative estimate of drug-likeness (QED) is 0.733. The van der Waals surface area contributed by atoms with Gasteiger partial charge in [-0.05, 0) is 48.4 Å². The molecule has 0 bridgehead atoms. The van der Waals surface area contributed by atoms with Crippen LogP contribution in [0.5, 0.6) is 0 Å². The number of carbonyl (C=O) groups is 1. The van der Waals surface area contributed by atoms with Gasteiger partial charge in [0.05, 0.1) is 17.8 Å². The van der Waals surface area contributed by atoms with Gasteiger partial charge in [-0.1, -0.05) is 58.0 Å². The number of pyridine rings is 1. The fraction of sp³-hybridized carbons (Fsp3) is 0.455. The maximum Gasteiger partial charge on any atom is 0.315 e. The number of nitrogens with one attached hydrogen (secondary N) is 2. The first-order valence-corrected chi connectivity index (χ1v) is 9.43. The fourth-order valence-electron chi connectivity index (χ4n) is 3.05. The van der Waals surface area contributed by atoms with E-state index in [4.69, 9.17) is 0 Å². The molecule has 0 aliphatic rings. The molecule has 140 valence electrons. The zero-order valence-electron chi connectivity index (χ0n) is 16.5. The summed E-state index contributed by atoms with van der Waals surface area (Å²) in [6.07, 6.45) is 2.81. The summed E-state index contributed by atoms with van der Waals surface area (Å²) in [6, 6.07) is 14.0. The Labute approximate surface area is 157 Å². The average Bonchev–Trinajstić information content (AvgIpc) is 2.60. The lowest BCUT2D eigenvalue weighted by molar-refractivity contribution is 0.230. The van der Waals surface area contributed by atoms with Crippen LogP contribution < -0.4 is 10.6 Å². The SMILES string of the molecule is CC(C)Cc1ccc(C(NC(=O)NC(C)c2ccccn2)C(C)C)cc1. The molecular formula is C22H31N3O. The molecule has 4 heteroatoms. The average molecular weight is 354 g/mol. The van der Waals surface area contributed by atoms with E-state index in [1.165, 1.54) is 5.56 Å². The molecule has 2 rings (SSSR count). The lowest BCUT2D eigenvalue weighted by atomic mass is 9.94. The molecule has 0 fully saturated rings. The lowest BCUT2D eigenvalue weighted by Crippen LogP contribution is -2.41. The van der Waals surface area contributed by atoms with Crippen molar-refractivity contribution in [3.63, 3.8) is 0 Å². The zero-order chi connectivity index (χ0) is 19.1. The largest absolute Gasteiger partial charge is 0.331 e. The first kappa shape index (κ1) is 20.0. The Morgan fingerprint density at radius 2 is 1.65 bits per heavy atom. The van der Waals surface area contributed by atoms with Gasteiger partial charge in [-0.3, -0.25) is 4.98 Å². The maximum atomic E-state index is 12.5. The van der Waals surface area contributed by atoms with Crippen LogP contribution in [0.4, 0.5) is 4.79 Å². The number of nitrogens with zero attached hydrogens (tertiary/aromatic N) is 1. The van der Waals surface area contributed by atoms with Crippen LogP contribution in [0.1, 0.15) is 63.5 Å². The highest BCUT2D eigenvalue weighted by Gasteiger charge is 2.19. The van der Waals surface area contributed by atoms with E-state index in [1.54, 1.807) is 6.20 Å². The van der Waals surface area contributed by atoms with E-state index in [0.717, 1.165) is 17.7 Å². The lowest BCUT2D eigenvalue weighted by Gasteiger charge is -2.24. The molecule has 2 unspecified atom stereocenters. The third-order valence-corrected chi connectivity index (χ3v) is 4.42. The van der Waals surface area contributed by atoms with Crippen molar-refractivity contribution in [2.75, 3.05) is 0 Å². The molecule has 2 amide bonds. The number of amides is 2. The van der Waals surface area contributed by atoms with E-state index in [1.807, 2.05) is 25.1 Å². The first-order chi connectivity index (χ1) is 12.4. The van der Waals surface area contributed by atoms with Gasteiger partial charge < -0.3 is 10.6 Å². The monoisotopic (exact) mass is 353 g/mol. The van der Waals surface area contributed by atoms with Gasteiger partial charge >= 0.3 is 6.03 Å². The highest BCUT2D eigenvalue weighted by atomic mass is 16.2. The molecule has 0 saturated heterocycles. The number of carbonyl (C=O) groups excluding carboxylic acids is 1. The van der Waals surface area contributed by atoms with E-state index in [0.29, 0.717) is 11.8 Å². The normalized spacial score (nSPS) is 13.5. The second kappa shape index (κ2) is 9.37. The summed E-state index contributed by atoms with van der Waals surface area (Å²) in [6.45, 7) is 10.6. The smallest absolute Gasteiger partial charge is 0.315 e. The van der Waals surface area contributed by atoms with Gasteiger partial charge in [0.1, 0.15) is 0 Å². The molecule has 0 saturated carbocycles. The molecule has 1 aromatic heterocycles. The minimum Gasteiger partial charge on any atom is -0.331 e. The van der Waals surface area contributed by atoms with E-state index < -0.39 is 0 Å². The second-order valence-corrected chi connectivity index (χ2v) is 7.66. The van der Waals surface area contributed by atoms with Crippen molar-refractivity contribution in [2.24, 2.45) is 11.8 Å². The van der Waals surface area contributed by atoms with Crippen LogP contribution in [-0.2, 0) is 6.42 Å². The van der Waals surface area contributed by atoms with Crippen LogP contribution >= 0.6 is 0 Å². The van der Waals surface area contributed by atoms with Gasteiger partial charge in [0, 0.05) is 6.20 Å². The topological polar surface area (TPSA) is 54.0 Å². The van der Waals surface area contributed by atoms with Crippen LogP contribution in [0.15, 0.2) is 48.7 Å². The van der Waals surface area contributed by atoms with Crippen molar-refractivity contribution >= 4 is 6.03 Å². The standard InChI is InChI=1S/C22H31N3O/c1-15(2)14-18-9-11-19(12-10-18)21(16(3)4)25-22(26)24-17(5)20-8-6-7-13-23-20/h6-13,15-17,21H,14H2,1-5H3,(H2,24,25,26). The highest BCUT2D eigenvalue weighted by Crippen LogP contribution is 2.23. The predicted molar refractivity (Wildman–Crippen MR) is 107 cm³/mol. The molecule has 1 aromatic carbocycles. The molecule has 1 heterocycles. The van der Waals surface area contributed by atoms with E-state index in [-0.39, 0.29) is 18.1 Å². The summed E-state index contributed by atoms with van der Waals surface area (Å²) in [5, 5.41) is 6.09. The van der Waals surface area contributed by atoms with Gasteiger partial charge in [-0.2, -0.15) is 0 Å². The Kier molecular flexibility index (Phi) is 7.19. The second-order valence-electron chi connectivity index (χ2n) is 7.66. The summed E-state index contributed by atoms with van der Waals surface area (Å²) < 4.78 is 0. The van der Waals surface area contributed by atoms with Crippen molar-refractivity contribution in [2.45, 2.75) is 53.1 Å². The van der Waals surface area contributed by atoms with Gasteiger partial charge in [-0.15, -0.1) is 0 Å². The zero-order valence-corrected chi connectivity index (χ0v) is 16.5. The van der Waals surface area contributed by atoms with Gasteiger partial charge in [0.15, 0.2) is 0 Å². The molecule has 0 spiro atoms. The minimum atomic E-state index is -0.173. The summed E-state index contributed by atoms with van der Waals surface area (Å²) >= 11 is 0. The third kappa shape index (κ3) is 5.87. The Morgan fingerprint density at radius 1 is 0.962 bits per heavy atom. The molecular weight excluding hydrogens is 322 g/mol. The highest BCUT2D eigenvalue weighted by molar-refractivity contribution is 5.75. The Hall–Kier alpha value is -2.36. The van der Waals surface area contributed by atoms with Crippen LogP contribution in [0.3, 0.4) is 0 Å². The number of hydrogen-bond donors (Lipinski definition) is 2. The molecule has 2 aromatic rings. The molecule has 0 aliphatic heterocycles. The maximum absolute atomic E-state index is 12.5. The van der Waals surface area contributed by atoms with Crippen molar-refractivity contribution < 1.29 is 4.79 Å². The van der Waals surface area contributed by atoms with Crippen molar-refractivity contribution in [1.29, 1.82) is 0 Å². The molecule has 2 N–H and O–H groups in total. The van der Waals surface area contributed by atoms with Crippen LogP contribution in [0, 0.1) is 11.8 Å². The van der Waals surface area contributed by atoms with E-state index in [9.17, 15) is 4.79 Å². The molecule has 4 nitrogen and oxygen atoms in total. The number of benzene rings is 1. The summed E-state index contributed by atoms with van der Waals surface area (Å²) in [4.78, 5) is 16.8. The van der Waals surface area contributed by atoms with Gasteiger partial charge in [0.25, 0.3) is 0 Å². The van der Waals surface area contributed by atoms with E-state index >= 15 is 0 Å². The molecule has 26 heavy (non-hydrogen) atoms. The first-order valence-electron chi connectivity index (χ1n) is 9.43. The fourth-order valence-corrected chi connectivity index (χ4v) is 3.05. The Balaban J connectivity index is 2.02. The number of urea groups is 1. The number of aromatic nitrogens is 1. The van der Waals surface area contributed by atoms with Crippen molar-refractivity contribution in [1.82, 2.24) is 15.6 Å². The van der Waals surface area contributed by atoms with Gasteiger partial charge in [-0.25, -0.2) is 4.79 Å². The number of rotatable bonds is 7. The number of hydrogen-bond acceptors (Lipinski definition) is 2. The Morgan fingerprint density at radius 3 is 2.19 bits per heavy atom. The van der Waals surface area contributed by atoms with E-state index in [2.05, 4.69) is 67.6 Å². The molecule has 0 aliphatic carbocycles. The summed E-state index contributed by atoms with van der Waals surface area (Å²) in [7, 11) is 0. The Bertz CT molecular complexity index is 680. The molecule has 0 radical (unpaired) electrons. The minimum absolute atomic E-state index is 0.0287. The summed E-state index contributed by atoms with van der Waals surface area (Å²) in [5.74, 6) is 0.931.